The number of likely N-dealkylation sites (tertiary alicyclic amines) is 2. The number of aromatic amines is 1. The molecule has 2 aliphatic heterocycles. The third-order valence-corrected chi connectivity index (χ3v) is 5.31. The minimum atomic E-state index is 0.762. The first-order chi connectivity index (χ1) is 11.4. The normalized spacial score (nSPS) is 23.4. The van der Waals surface area contributed by atoms with Gasteiger partial charge in [-0.3, -0.25) is 14.9 Å². The van der Waals surface area contributed by atoms with E-state index >= 15 is 0 Å². The Kier molecular flexibility index (Phi) is 4.44. The van der Waals surface area contributed by atoms with Crippen molar-refractivity contribution in [3.8, 4) is 11.3 Å². The van der Waals surface area contributed by atoms with Crippen LogP contribution in [0.4, 0.5) is 0 Å². The van der Waals surface area contributed by atoms with Crippen LogP contribution in [0.25, 0.3) is 11.3 Å². The lowest BCUT2D eigenvalue weighted by molar-refractivity contribution is 0.111. The average molecular weight is 310 g/mol. The Morgan fingerprint density at radius 3 is 2.70 bits per heavy atom. The largest absolute Gasteiger partial charge is 0.299 e. The van der Waals surface area contributed by atoms with Gasteiger partial charge < -0.3 is 0 Å². The van der Waals surface area contributed by atoms with Gasteiger partial charge in [-0.15, -0.1) is 0 Å². The SMILES string of the molecule is c1ccc(-c2[nH]ncc2CN2CCCC(N3CCCC3)C2)cc1. The molecule has 0 bridgehead atoms. The fraction of sp³-hybridized carbons (Fsp3) is 0.526. The van der Waals surface area contributed by atoms with Crippen molar-refractivity contribution in [3.63, 3.8) is 0 Å². The Balaban J connectivity index is 1.45. The summed E-state index contributed by atoms with van der Waals surface area (Å²) in [4.78, 5) is 5.32. The summed E-state index contributed by atoms with van der Waals surface area (Å²) in [6.07, 6.45) is 7.46. The molecule has 1 unspecified atom stereocenters. The molecule has 2 aromatic rings. The van der Waals surface area contributed by atoms with Gasteiger partial charge in [0.15, 0.2) is 0 Å². The summed E-state index contributed by atoms with van der Waals surface area (Å²) in [5.41, 5.74) is 3.72. The van der Waals surface area contributed by atoms with Crippen molar-refractivity contribution in [2.45, 2.75) is 38.3 Å². The molecule has 1 N–H and O–H groups in total. The smallest absolute Gasteiger partial charge is 0.0695 e. The van der Waals surface area contributed by atoms with Gasteiger partial charge in [-0.05, 0) is 50.9 Å². The van der Waals surface area contributed by atoms with Crippen molar-refractivity contribution in [2.24, 2.45) is 0 Å². The predicted octanol–water partition coefficient (Wildman–Crippen LogP) is 3.14. The van der Waals surface area contributed by atoms with E-state index in [0.717, 1.165) is 12.6 Å². The van der Waals surface area contributed by atoms with E-state index < -0.39 is 0 Å². The number of H-pyrrole nitrogens is 1. The molecular formula is C19H26N4. The highest BCUT2D eigenvalue weighted by molar-refractivity contribution is 5.62. The predicted molar refractivity (Wildman–Crippen MR) is 93.1 cm³/mol. The van der Waals surface area contributed by atoms with Crippen LogP contribution in [0.5, 0.6) is 0 Å². The minimum Gasteiger partial charge on any atom is -0.299 e. The second kappa shape index (κ2) is 6.85. The van der Waals surface area contributed by atoms with Gasteiger partial charge in [0.25, 0.3) is 0 Å². The Bertz CT molecular complexity index is 615. The molecule has 3 heterocycles. The summed E-state index contributed by atoms with van der Waals surface area (Å²) in [5.74, 6) is 0. The Morgan fingerprint density at radius 1 is 1.04 bits per heavy atom. The van der Waals surface area contributed by atoms with E-state index in [-0.39, 0.29) is 0 Å². The number of nitrogens with one attached hydrogen (secondary N) is 1. The summed E-state index contributed by atoms with van der Waals surface area (Å²) >= 11 is 0. The standard InChI is InChI=1S/C19H26N4/c1-2-7-16(8-3-1)19-17(13-20-21-19)14-22-10-6-9-18(15-22)23-11-4-5-12-23/h1-3,7-8,13,18H,4-6,9-12,14-15H2,(H,20,21). The summed E-state index contributed by atoms with van der Waals surface area (Å²) in [6.45, 7) is 6.03. The van der Waals surface area contributed by atoms with Crippen LogP contribution in [-0.2, 0) is 6.54 Å². The Labute approximate surface area is 138 Å². The van der Waals surface area contributed by atoms with Gasteiger partial charge in [0.1, 0.15) is 0 Å². The van der Waals surface area contributed by atoms with Crippen molar-refractivity contribution in [1.29, 1.82) is 0 Å². The lowest BCUT2D eigenvalue weighted by Crippen LogP contribution is -2.46. The van der Waals surface area contributed by atoms with Gasteiger partial charge >= 0.3 is 0 Å². The zero-order chi connectivity index (χ0) is 15.5. The fourth-order valence-corrected chi connectivity index (χ4v) is 4.11. The lowest BCUT2D eigenvalue weighted by Gasteiger charge is -2.37. The summed E-state index contributed by atoms with van der Waals surface area (Å²) < 4.78 is 0. The molecule has 0 radical (unpaired) electrons. The molecule has 2 fully saturated rings. The first-order valence-corrected chi connectivity index (χ1v) is 8.94. The Morgan fingerprint density at radius 2 is 1.87 bits per heavy atom. The van der Waals surface area contributed by atoms with Gasteiger partial charge in [-0.1, -0.05) is 30.3 Å². The molecule has 1 aromatic heterocycles. The first-order valence-electron chi connectivity index (χ1n) is 8.94. The maximum atomic E-state index is 4.30. The average Bonchev–Trinajstić information content (AvgIpc) is 3.28. The Hall–Kier alpha value is -1.65. The highest BCUT2D eigenvalue weighted by Crippen LogP contribution is 2.25. The number of hydrogen-bond acceptors (Lipinski definition) is 3. The van der Waals surface area contributed by atoms with E-state index in [2.05, 4.69) is 50.3 Å². The molecule has 122 valence electrons. The quantitative estimate of drug-likeness (QED) is 0.942. The van der Waals surface area contributed by atoms with E-state index in [0.29, 0.717) is 0 Å². The summed E-state index contributed by atoms with van der Waals surface area (Å²) in [7, 11) is 0. The monoisotopic (exact) mass is 310 g/mol. The number of rotatable bonds is 4. The number of hydrogen-bond donors (Lipinski definition) is 1. The second-order valence-corrected chi connectivity index (χ2v) is 6.91. The van der Waals surface area contributed by atoms with Crippen molar-refractivity contribution < 1.29 is 0 Å². The van der Waals surface area contributed by atoms with E-state index in [9.17, 15) is 0 Å². The van der Waals surface area contributed by atoms with Gasteiger partial charge in [-0.2, -0.15) is 5.10 Å². The maximum Gasteiger partial charge on any atom is 0.0695 e. The van der Waals surface area contributed by atoms with Gasteiger partial charge in [0.2, 0.25) is 0 Å². The molecule has 1 aromatic carbocycles. The zero-order valence-electron chi connectivity index (χ0n) is 13.7. The number of nitrogens with zero attached hydrogens (tertiary/aromatic N) is 3. The van der Waals surface area contributed by atoms with Crippen LogP contribution in [0.15, 0.2) is 36.5 Å². The van der Waals surface area contributed by atoms with Crippen LogP contribution in [0.2, 0.25) is 0 Å². The minimum absolute atomic E-state index is 0.762. The highest BCUT2D eigenvalue weighted by atomic mass is 15.2. The highest BCUT2D eigenvalue weighted by Gasteiger charge is 2.27. The van der Waals surface area contributed by atoms with Crippen molar-refractivity contribution >= 4 is 0 Å². The molecule has 4 nitrogen and oxygen atoms in total. The van der Waals surface area contributed by atoms with Crippen LogP contribution in [0.1, 0.15) is 31.2 Å². The van der Waals surface area contributed by atoms with Crippen LogP contribution in [-0.4, -0.2) is 52.2 Å². The molecule has 4 heteroatoms. The van der Waals surface area contributed by atoms with Gasteiger partial charge in [0.05, 0.1) is 11.9 Å². The topological polar surface area (TPSA) is 35.2 Å². The van der Waals surface area contributed by atoms with Crippen molar-refractivity contribution in [1.82, 2.24) is 20.0 Å². The van der Waals surface area contributed by atoms with E-state index in [1.54, 1.807) is 0 Å². The van der Waals surface area contributed by atoms with E-state index in [4.69, 9.17) is 0 Å². The molecular weight excluding hydrogens is 284 g/mol. The molecule has 4 rings (SSSR count). The van der Waals surface area contributed by atoms with Gasteiger partial charge in [0, 0.05) is 24.7 Å². The van der Waals surface area contributed by atoms with Crippen LogP contribution in [0.3, 0.4) is 0 Å². The third-order valence-electron chi connectivity index (χ3n) is 5.31. The molecule has 0 amide bonds. The van der Waals surface area contributed by atoms with Crippen molar-refractivity contribution in [2.75, 3.05) is 26.2 Å². The molecule has 0 saturated carbocycles. The molecule has 1 atom stereocenters. The molecule has 0 aliphatic carbocycles. The lowest BCUT2D eigenvalue weighted by atomic mass is 10.0. The molecule has 23 heavy (non-hydrogen) atoms. The second-order valence-electron chi connectivity index (χ2n) is 6.91. The first kappa shape index (κ1) is 14.9. The van der Waals surface area contributed by atoms with E-state index in [1.807, 2.05) is 6.20 Å². The molecule has 0 spiro atoms. The maximum absolute atomic E-state index is 4.30. The van der Waals surface area contributed by atoms with Crippen LogP contribution >= 0.6 is 0 Å². The number of piperidine rings is 1. The van der Waals surface area contributed by atoms with Gasteiger partial charge in [-0.25, -0.2) is 0 Å². The molecule has 2 saturated heterocycles. The number of benzene rings is 1. The fourth-order valence-electron chi connectivity index (χ4n) is 4.11. The molecule has 2 aliphatic rings. The van der Waals surface area contributed by atoms with Crippen LogP contribution < -0.4 is 0 Å². The summed E-state index contributed by atoms with van der Waals surface area (Å²) in [5, 5.41) is 7.49. The summed E-state index contributed by atoms with van der Waals surface area (Å²) in [6, 6.07) is 11.3. The third kappa shape index (κ3) is 3.33. The zero-order valence-corrected chi connectivity index (χ0v) is 13.7. The van der Waals surface area contributed by atoms with E-state index in [1.165, 1.54) is 68.7 Å². The van der Waals surface area contributed by atoms with Crippen molar-refractivity contribution in [3.05, 3.63) is 42.1 Å². The number of aromatic nitrogens is 2. The van der Waals surface area contributed by atoms with Crippen LogP contribution in [0, 0.1) is 0 Å².